The number of aromatic hydroxyl groups is 1. The van der Waals surface area contributed by atoms with E-state index in [-0.39, 0.29) is 5.75 Å². The van der Waals surface area contributed by atoms with E-state index in [9.17, 15) is 10.2 Å². The molecule has 1 atom stereocenters. The van der Waals surface area contributed by atoms with Gasteiger partial charge >= 0.3 is 0 Å². The van der Waals surface area contributed by atoms with Crippen LogP contribution in [0.4, 0.5) is 0 Å². The third kappa shape index (κ3) is 1.02. The predicted molar refractivity (Wildman–Crippen MR) is 57.6 cm³/mol. The molecule has 0 amide bonds. The topological polar surface area (TPSA) is 40.5 Å². The fourth-order valence-electron chi connectivity index (χ4n) is 2.21. The van der Waals surface area contributed by atoms with Gasteiger partial charge in [0, 0.05) is 5.56 Å². The van der Waals surface area contributed by atoms with E-state index in [1.54, 1.807) is 12.1 Å². The maximum absolute atomic E-state index is 10.0. The molecule has 0 fully saturated rings. The van der Waals surface area contributed by atoms with Crippen LogP contribution in [-0.4, -0.2) is 10.2 Å². The SMILES string of the molecule is Oc1cccc2c1-c1ccccc1C2O. The van der Waals surface area contributed by atoms with E-state index in [1.807, 2.05) is 30.3 Å². The number of fused-ring (bicyclic) bond motifs is 3. The molecule has 0 bridgehead atoms. The summed E-state index contributed by atoms with van der Waals surface area (Å²) in [5.41, 5.74) is 3.35. The van der Waals surface area contributed by atoms with Gasteiger partial charge in [0.1, 0.15) is 11.9 Å². The van der Waals surface area contributed by atoms with Crippen molar-refractivity contribution in [3.05, 3.63) is 53.6 Å². The van der Waals surface area contributed by atoms with Gasteiger partial charge in [-0.1, -0.05) is 36.4 Å². The summed E-state index contributed by atoms with van der Waals surface area (Å²) in [5.74, 6) is 0.233. The average Bonchev–Trinajstić information content (AvgIpc) is 2.55. The number of rotatable bonds is 0. The van der Waals surface area contributed by atoms with Crippen molar-refractivity contribution in [1.82, 2.24) is 0 Å². The molecule has 0 aromatic heterocycles. The molecule has 0 radical (unpaired) electrons. The molecule has 2 aromatic carbocycles. The molecule has 15 heavy (non-hydrogen) atoms. The van der Waals surface area contributed by atoms with E-state index in [0.717, 1.165) is 22.3 Å². The van der Waals surface area contributed by atoms with Crippen LogP contribution in [0.15, 0.2) is 42.5 Å². The van der Waals surface area contributed by atoms with Crippen LogP contribution in [0.3, 0.4) is 0 Å². The van der Waals surface area contributed by atoms with Gasteiger partial charge in [0.2, 0.25) is 0 Å². The first-order valence-electron chi connectivity index (χ1n) is 4.88. The van der Waals surface area contributed by atoms with Crippen molar-refractivity contribution in [3.8, 4) is 16.9 Å². The second-order valence-electron chi connectivity index (χ2n) is 3.73. The molecule has 1 unspecified atom stereocenters. The summed E-state index contributed by atoms with van der Waals surface area (Å²) in [6.45, 7) is 0. The van der Waals surface area contributed by atoms with Crippen molar-refractivity contribution in [1.29, 1.82) is 0 Å². The molecule has 0 heterocycles. The zero-order valence-corrected chi connectivity index (χ0v) is 8.01. The Morgan fingerprint density at radius 2 is 1.60 bits per heavy atom. The van der Waals surface area contributed by atoms with Gasteiger partial charge in [-0.15, -0.1) is 0 Å². The number of aliphatic hydroxyl groups excluding tert-OH is 1. The summed E-state index contributed by atoms with van der Waals surface area (Å²) in [6.07, 6.45) is -0.608. The summed E-state index contributed by atoms with van der Waals surface area (Å²) in [6, 6.07) is 12.9. The zero-order valence-electron chi connectivity index (χ0n) is 8.01. The molecule has 1 aliphatic carbocycles. The highest BCUT2D eigenvalue weighted by molar-refractivity contribution is 5.82. The number of benzene rings is 2. The molecule has 1 aliphatic rings. The average molecular weight is 198 g/mol. The Hall–Kier alpha value is -1.80. The minimum Gasteiger partial charge on any atom is -0.507 e. The largest absolute Gasteiger partial charge is 0.507 e. The van der Waals surface area contributed by atoms with Crippen molar-refractivity contribution in [3.63, 3.8) is 0 Å². The maximum Gasteiger partial charge on any atom is 0.123 e. The monoisotopic (exact) mass is 198 g/mol. The van der Waals surface area contributed by atoms with Crippen molar-refractivity contribution in [2.45, 2.75) is 6.10 Å². The summed E-state index contributed by atoms with van der Waals surface area (Å²) in [7, 11) is 0. The Balaban J connectivity index is 2.39. The highest BCUT2D eigenvalue weighted by Gasteiger charge is 2.28. The zero-order chi connectivity index (χ0) is 10.4. The second kappa shape index (κ2) is 2.84. The van der Waals surface area contributed by atoms with E-state index in [1.165, 1.54) is 0 Å². The third-order valence-corrected chi connectivity index (χ3v) is 2.89. The van der Waals surface area contributed by atoms with E-state index in [0.29, 0.717) is 0 Å². The first kappa shape index (κ1) is 8.50. The molecule has 2 nitrogen and oxygen atoms in total. The molecule has 0 saturated carbocycles. The van der Waals surface area contributed by atoms with E-state index >= 15 is 0 Å². The van der Waals surface area contributed by atoms with Gasteiger partial charge in [-0.2, -0.15) is 0 Å². The van der Waals surface area contributed by atoms with Gasteiger partial charge in [0.25, 0.3) is 0 Å². The van der Waals surface area contributed by atoms with Crippen LogP contribution in [0, 0.1) is 0 Å². The van der Waals surface area contributed by atoms with Crippen LogP contribution in [0.25, 0.3) is 11.1 Å². The highest BCUT2D eigenvalue weighted by Crippen LogP contribution is 2.47. The standard InChI is InChI=1S/C13H10O2/c14-11-7-3-6-10-12(11)8-4-1-2-5-9(8)13(10)15/h1-7,13-15H. The minimum absolute atomic E-state index is 0.233. The summed E-state index contributed by atoms with van der Waals surface area (Å²) in [4.78, 5) is 0. The van der Waals surface area contributed by atoms with Crippen LogP contribution < -0.4 is 0 Å². The van der Waals surface area contributed by atoms with E-state index in [4.69, 9.17) is 0 Å². The first-order chi connectivity index (χ1) is 7.29. The maximum atomic E-state index is 10.0. The molecule has 0 saturated heterocycles. The minimum atomic E-state index is -0.608. The Labute approximate surface area is 87.4 Å². The van der Waals surface area contributed by atoms with E-state index in [2.05, 4.69) is 0 Å². The van der Waals surface area contributed by atoms with E-state index < -0.39 is 6.10 Å². The lowest BCUT2D eigenvalue weighted by Gasteiger charge is -2.04. The van der Waals surface area contributed by atoms with Crippen LogP contribution in [0.1, 0.15) is 17.2 Å². The Morgan fingerprint density at radius 3 is 2.47 bits per heavy atom. The number of hydrogen-bond donors (Lipinski definition) is 2. The van der Waals surface area contributed by atoms with Crippen LogP contribution in [0.5, 0.6) is 5.75 Å². The lowest BCUT2D eigenvalue weighted by molar-refractivity contribution is 0.225. The Kier molecular flexibility index (Phi) is 1.61. The van der Waals surface area contributed by atoms with Crippen molar-refractivity contribution in [2.75, 3.05) is 0 Å². The van der Waals surface area contributed by atoms with Gasteiger partial charge in [-0.05, 0) is 22.8 Å². The molecule has 74 valence electrons. The van der Waals surface area contributed by atoms with Crippen LogP contribution in [0.2, 0.25) is 0 Å². The summed E-state index contributed by atoms with van der Waals surface area (Å²) < 4.78 is 0. The van der Waals surface area contributed by atoms with Crippen LogP contribution in [-0.2, 0) is 0 Å². The molecule has 0 aliphatic heterocycles. The summed E-state index contributed by atoms with van der Waals surface area (Å²) in [5, 5.41) is 19.8. The van der Waals surface area contributed by atoms with Crippen molar-refractivity contribution < 1.29 is 10.2 Å². The lowest BCUT2D eigenvalue weighted by atomic mass is 10.1. The smallest absolute Gasteiger partial charge is 0.123 e. The highest BCUT2D eigenvalue weighted by atomic mass is 16.3. The second-order valence-corrected chi connectivity index (χ2v) is 3.73. The quantitative estimate of drug-likeness (QED) is 0.682. The van der Waals surface area contributed by atoms with Crippen molar-refractivity contribution in [2.24, 2.45) is 0 Å². The molecule has 2 heteroatoms. The van der Waals surface area contributed by atoms with Crippen molar-refractivity contribution >= 4 is 0 Å². The first-order valence-corrected chi connectivity index (χ1v) is 4.88. The van der Waals surface area contributed by atoms with Gasteiger partial charge < -0.3 is 10.2 Å². The lowest BCUT2D eigenvalue weighted by Crippen LogP contribution is -1.92. The molecule has 0 spiro atoms. The van der Waals surface area contributed by atoms with Gasteiger partial charge in [0.05, 0.1) is 0 Å². The van der Waals surface area contributed by atoms with Crippen LogP contribution >= 0.6 is 0 Å². The number of phenolic OH excluding ortho intramolecular Hbond substituents is 1. The fourth-order valence-corrected chi connectivity index (χ4v) is 2.21. The number of phenols is 1. The fraction of sp³-hybridized carbons (Fsp3) is 0.0769. The number of hydrogen-bond acceptors (Lipinski definition) is 2. The van der Waals surface area contributed by atoms with Gasteiger partial charge in [0.15, 0.2) is 0 Å². The molecule has 3 rings (SSSR count). The molecular weight excluding hydrogens is 188 g/mol. The van der Waals surface area contributed by atoms with Gasteiger partial charge in [-0.25, -0.2) is 0 Å². The summed E-state index contributed by atoms with van der Waals surface area (Å²) >= 11 is 0. The Morgan fingerprint density at radius 1 is 0.867 bits per heavy atom. The third-order valence-electron chi connectivity index (χ3n) is 2.89. The normalized spacial score (nSPS) is 17.3. The van der Waals surface area contributed by atoms with Gasteiger partial charge in [-0.3, -0.25) is 0 Å². The number of aliphatic hydroxyl groups is 1. The molecule has 2 aromatic rings. The molecular formula is C13H10O2. The Bertz CT molecular complexity index is 532. The molecule has 2 N–H and O–H groups in total. The predicted octanol–water partition coefficient (Wildman–Crippen LogP) is 2.45.